The quantitative estimate of drug-likeness (QED) is 0.766. The predicted molar refractivity (Wildman–Crippen MR) is 102 cm³/mol. The van der Waals surface area contributed by atoms with Crippen LogP contribution in [0.3, 0.4) is 0 Å². The molecule has 140 valence electrons. The van der Waals surface area contributed by atoms with Crippen LogP contribution in [0.4, 0.5) is 0 Å². The zero-order valence-corrected chi connectivity index (χ0v) is 16.1. The highest BCUT2D eigenvalue weighted by Gasteiger charge is 2.22. The molecule has 0 saturated heterocycles. The second-order valence-corrected chi connectivity index (χ2v) is 8.15. The van der Waals surface area contributed by atoms with Crippen molar-refractivity contribution in [3.8, 4) is 5.75 Å². The Morgan fingerprint density at radius 2 is 1.62 bits per heavy atom. The van der Waals surface area contributed by atoms with Gasteiger partial charge in [0.15, 0.2) is 15.9 Å². The lowest BCUT2D eigenvalue weighted by molar-refractivity contribution is -0.128. The number of rotatable bonds is 8. The van der Waals surface area contributed by atoms with Gasteiger partial charge in [0.25, 0.3) is 5.91 Å². The first-order valence-electron chi connectivity index (χ1n) is 8.67. The fourth-order valence-corrected chi connectivity index (χ4v) is 3.25. The van der Waals surface area contributed by atoms with E-state index in [1.165, 1.54) is 6.26 Å². The molecule has 0 aliphatic rings. The number of carbonyl (C=O) groups excluding carboxylic acids is 1. The van der Waals surface area contributed by atoms with Crippen LogP contribution in [0.1, 0.15) is 38.3 Å². The Labute approximate surface area is 155 Å². The average Bonchev–Trinajstić information content (AvgIpc) is 2.64. The monoisotopic (exact) mass is 375 g/mol. The summed E-state index contributed by atoms with van der Waals surface area (Å²) in [7, 11) is -3.23. The summed E-state index contributed by atoms with van der Waals surface area (Å²) < 4.78 is 28.9. The number of nitrogens with one attached hydrogen (secondary N) is 1. The molecule has 0 aliphatic carbocycles. The molecule has 5 nitrogen and oxygen atoms in total. The van der Waals surface area contributed by atoms with Crippen LogP contribution in [0.2, 0.25) is 0 Å². The summed E-state index contributed by atoms with van der Waals surface area (Å²) in [6.07, 6.45) is 1.82. The van der Waals surface area contributed by atoms with Gasteiger partial charge in [-0.3, -0.25) is 4.79 Å². The Bertz CT molecular complexity index is 817. The summed E-state index contributed by atoms with van der Waals surface area (Å²) in [5.74, 6) is 0.468. The Morgan fingerprint density at radius 1 is 1.00 bits per heavy atom. The number of ether oxygens (including phenoxy) is 1. The summed E-state index contributed by atoms with van der Waals surface area (Å²) in [6, 6.07) is 15.7. The molecule has 1 amide bonds. The fraction of sp³-hybridized carbons (Fsp3) is 0.350. The third kappa shape index (κ3) is 5.33. The second kappa shape index (κ2) is 8.85. The second-order valence-electron chi connectivity index (χ2n) is 6.14. The first-order chi connectivity index (χ1) is 12.3. The zero-order valence-electron chi connectivity index (χ0n) is 15.3. The molecule has 0 fully saturated rings. The van der Waals surface area contributed by atoms with Gasteiger partial charge in [-0.1, -0.05) is 44.2 Å². The highest BCUT2D eigenvalue weighted by molar-refractivity contribution is 7.90. The molecule has 0 aliphatic heterocycles. The van der Waals surface area contributed by atoms with E-state index in [0.717, 1.165) is 5.56 Å². The molecule has 0 radical (unpaired) electrons. The highest BCUT2D eigenvalue weighted by Crippen LogP contribution is 2.20. The van der Waals surface area contributed by atoms with E-state index in [0.29, 0.717) is 18.6 Å². The predicted octanol–water partition coefficient (Wildman–Crippen LogP) is 3.52. The summed E-state index contributed by atoms with van der Waals surface area (Å²) in [5.41, 5.74) is 0.864. The van der Waals surface area contributed by atoms with Crippen LogP contribution in [0.15, 0.2) is 59.5 Å². The largest absolute Gasteiger partial charge is 0.481 e. The minimum absolute atomic E-state index is 0.185. The number of hydrogen-bond acceptors (Lipinski definition) is 4. The number of sulfone groups is 1. The van der Waals surface area contributed by atoms with E-state index in [1.54, 1.807) is 24.3 Å². The van der Waals surface area contributed by atoms with E-state index in [4.69, 9.17) is 4.74 Å². The lowest BCUT2D eigenvalue weighted by Crippen LogP contribution is -2.39. The summed E-state index contributed by atoms with van der Waals surface area (Å²) in [6.45, 7) is 3.86. The van der Waals surface area contributed by atoms with Crippen molar-refractivity contribution in [3.05, 3.63) is 60.2 Å². The molecular weight excluding hydrogens is 350 g/mol. The molecule has 2 rings (SSSR count). The molecule has 0 heterocycles. The number of carbonyl (C=O) groups is 1. The fourth-order valence-electron chi connectivity index (χ4n) is 2.62. The SMILES string of the molecule is CC[C@@H](Oc1ccccc1)C(=O)N[C@H](CC)c1ccc(S(C)(=O)=O)cc1. The molecule has 0 spiro atoms. The van der Waals surface area contributed by atoms with Crippen molar-refractivity contribution in [1.29, 1.82) is 0 Å². The first kappa shape index (κ1) is 20.0. The van der Waals surface area contributed by atoms with Gasteiger partial charge in [0.2, 0.25) is 0 Å². The minimum Gasteiger partial charge on any atom is -0.481 e. The number of benzene rings is 2. The number of para-hydroxylation sites is 1. The average molecular weight is 375 g/mol. The van der Waals surface area contributed by atoms with Crippen molar-refractivity contribution in [2.45, 2.75) is 43.7 Å². The molecule has 0 aromatic heterocycles. The maximum absolute atomic E-state index is 12.6. The smallest absolute Gasteiger partial charge is 0.261 e. The summed E-state index contributed by atoms with van der Waals surface area (Å²) in [5, 5.41) is 3.00. The molecular formula is C20H25NO4S. The zero-order chi connectivity index (χ0) is 19.2. The normalized spacial score (nSPS) is 13.7. The molecule has 2 aromatic rings. The van der Waals surface area contributed by atoms with E-state index < -0.39 is 15.9 Å². The first-order valence-corrected chi connectivity index (χ1v) is 10.6. The van der Waals surface area contributed by atoms with Gasteiger partial charge in [-0.05, 0) is 42.7 Å². The van der Waals surface area contributed by atoms with Crippen molar-refractivity contribution in [2.24, 2.45) is 0 Å². The molecule has 2 aromatic carbocycles. The van der Waals surface area contributed by atoms with Crippen LogP contribution in [-0.4, -0.2) is 26.7 Å². The molecule has 2 atom stereocenters. The third-order valence-corrected chi connectivity index (χ3v) is 5.25. The van der Waals surface area contributed by atoms with E-state index in [1.807, 2.05) is 44.2 Å². The van der Waals surface area contributed by atoms with Gasteiger partial charge in [-0.15, -0.1) is 0 Å². The topological polar surface area (TPSA) is 72.5 Å². The molecule has 0 bridgehead atoms. The van der Waals surface area contributed by atoms with Gasteiger partial charge < -0.3 is 10.1 Å². The molecule has 1 N–H and O–H groups in total. The Hall–Kier alpha value is -2.34. The van der Waals surface area contributed by atoms with Crippen molar-refractivity contribution in [3.63, 3.8) is 0 Å². The van der Waals surface area contributed by atoms with Gasteiger partial charge in [0.05, 0.1) is 10.9 Å². The van der Waals surface area contributed by atoms with Gasteiger partial charge in [-0.25, -0.2) is 8.42 Å². The maximum atomic E-state index is 12.6. The molecule has 6 heteroatoms. The van der Waals surface area contributed by atoms with Crippen LogP contribution in [0, 0.1) is 0 Å². The minimum atomic E-state index is -3.23. The van der Waals surface area contributed by atoms with Crippen molar-refractivity contribution in [2.75, 3.05) is 6.26 Å². The third-order valence-electron chi connectivity index (χ3n) is 4.12. The van der Waals surface area contributed by atoms with E-state index in [9.17, 15) is 13.2 Å². The summed E-state index contributed by atoms with van der Waals surface area (Å²) in [4.78, 5) is 12.9. The lowest BCUT2D eigenvalue weighted by Gasteiger charge is -2.22. The Balaban J connectivity index is 2.09. The lowest BCUT2D eigenvalue weighted by atomic mass is 10.0. The maximum Gasteiger partial charge on any atom is 0.261 e. The van der Waals surface area contributed by atoms with Crippen LogP contribution in [0.25, 0.3) is 0 Å². The van der Waals surface area contributed by atoms with E-state index in [-0.39, 0.29) is 16.8 Å². The number of amides is 1. The van der Waals surface area contributed by atoms with Gasteiger partial charge >= 0.3 is 0 Å². The van der Waals surface area contributed by atoms with Gasteiger partial charge in [0, 0.05) is 6.26 Å². The highest BCUT2D eigenvalue weighted by atomic mass is 32.2. The molecule has 26 heavy (non-hydrogen) atoms. The van der Waals surface area contributed by atoms with Crippen LogP contribution >= 0.6 is 0 Å². The van der Waals surface area contributed by atoms with Gasteiger partial charge in [-0.2, -0.15) is 0 Å². The van der Waals surface area contributed by atoms with E-state index >= 15 is 0 Å². The van der Waals surface area contributed by atoms with Crippen LogP contribution in [0.5, 0.6) is 5.75 Å². The van der Waals surface area contributed by atoms with Gasteiger partial charge in [0.1, 0.15) is 5.75 Å². The summed E-state index contributed by atoms with van der Waals surface area (Å²) >= 11 is 0. The Morgan fingerprint density at radius 3 is 2.12 bits per heavy atom. The Kier molecular flexibility index (Phi) is 6.80. The van der Waals surface area contributed by atoms with E-state index in [2.05, 4.69) is 5.32 Å². The number of hydrogen-bond donors (Lipinski definition) is 1. The van der Waals surface area contributed by atoms with Crippen molar-refractivity contribution >= 4 is 15.7 Å². The molecule has 0 saturated carbocycles. The molecule has 0 unspecified atom stereocenters. The standard InChI is InChI=1S/C20H25NO4S/c1-4-18(15-11-13-17(14-12-15)26(3,23)24)21-20(22)19(5-2)25-16-9-7-6-8-10-16/h6-14,18-19H,4-5H2,1-3H3,(H,21,22)/t18-,19-/m1/s1. The van der Waals surface area contributed by atoms with Crippen LogP contribution < -0.4 is 10.1 Å². The van der Waals surface area contributed by atoms with Crippen LogP contribution in [-0.2, 0) is 14.6 Å². The van der Waals surface area contributed by atoms with Crippen molar-refractivity contribution in [1.82, 2.24) is 5.32 Å². The van der Waals surface area contributed by atoms with Crippen molar-refractivity contribution < 1.29 is 17.9 Å².